The Morgan fingerprint density at radius 2 is 1.58 bits per heavy atom. The smallest absolute Gasteiger partial charge is 0.505 e. The van der Waals surface area contributed by atoms with E-state index >= 15 is 0 Å². The van der Waals surface area contributed by atoms with Gasteiger partial charge in [-0.1, -0.05) is 61.3 Å². The number of esters is 1. The van der Waals surface area contributed by atoms with Gasteiger partial charge in [0, 0.05) is 0 Å². The van der Waals surface area contributed by atoms with Crippen LogP contribution in [-0.4, -0.2) is 51.1 Å². The molecule has 258 valence electrons. The van der Waals surface area contributed by atoms with Crippen LogP contribution in [0.25, 0.3) is 0 Å². The molecule has 0 saturated heterocycles. The minimum Gasteiger partial charge on any atom is -0.505 e. The number of fused-ring (bicyclic) bond motifs is 5. The Bertz CT molecular complexity index is 1190. The van der Waals surface area contributed by atoms with E-state index in [0.29, 0.717) is 35.5 Å². The van der Waals surface area contributed by atoms with E-state index in [0.717, 1.165) is 42.4 Å². The Kier molecular flexibility index (Phi) is 9.95. The highest BCUT2D eigenvalue weighted by Gasteiger charge is 2.65. The maximum absolute atomic E-state index is 13.0. The number of hydrogen-bond acceptors (Lipinski definition) is 8. The van der Waals surface area contributed by atoms with Crippen molar-refractivity contribution < 1.29 is 43.4 Å². The van der Waals surface area contributed by atoms with Crippen molar-refractivity contribution in [3.63, 3.8) is 0 Å². The molecule has 1 unspecified atom stereocenters. The number of carbonyl (C=O) groups excluding carboxylic acids is 1. The third-order valence-electron chi connectivity index (χ3n) is 14.1. The molecule has 13 atom stereocenters. The molecule has 1 heterocycles. The molecule has 5 aliphatic rings. The molecule has 0 radical (unpaired) electrons. The lowest BCUT2D eigenvalue weighted by atomic mass is 9.39. The molecule has 4 saturated carbocycles. The number of phosphoric acid groups is 1. The predicted octanol–water partition coefficient (Wildman–Crippen LogP) is 7.29. The first-order valence-corrected chi connectivity index (χ1v) is 19.1. The number of phosphoric ester groups is 1. The number of ether oxygens (including phenoxy) is 1. The van der Waals surface area contributed by atoms with E-state index in [1.807, 2.05) is 0 Å². The SMILES string of the molecule is CC(C)[C@H](C)CC[C@@H](C)[C@H]1CC[C@H]2[C@]3(C)CC[C@H]4C[C@@H](OP(=O)(O)OC5=C(O)[C@@H]([C@@H](O)CO)OC5=O)CC[C@]4(C)[C@H]3CC[C@@]21C. The number of cyclic esters (lactones) is 1. The van der Waals surface area contributed by atoms with Crippen LogP contribution in [0.15, 0.2) is 11.5 Å². The predicted molar refractivity (Wildman–Crippen MR) is 171 cm³/mol. The van der Waals surface area contributed by atoms with Crippen molar-refractivity contribution in [3.8, 4) is 0 Å². The molecule has 1 aliphatic heterocycles. The highest BCUT2D eigenvalue weighted by atomic mass is 31.2. The molecule has 0 aromatic carbocycles. The number of rotatable bonds is 11. The van der Waals surface area contributed by atoms with Gasteiger partial charge in [-0.15, -0.1) is 0 Å². The van der Waals surface area contributed by atoms with Crippen LogP contribution < -0.4 is 0 Å². The zero-order valence-corrected chi connectivity index (χ0v) is 29.4. The second-order valence-electron chi connectivity index (χ2n) is 16.7. The largest absolute Gasteiger partial charge is 0.528 e. The lowest BCUT2D eigenvalue weighted by Crippen LogP contribution is -2.59. The molecule has 4 N–H and O–H groups in total. The van der Waals surface area contributed by atoms with Crippen LogP contribution in [0.5, 0.6) is 0 Å². The Hall–Kier alpha value is -1.12. The summed E-state index contributed by atoms with van der Waals surface area (Å²) >= 11 is 0. The Morgan fingerprint density at radius 1 is 0.933 bits per heavy atom. The van der Waals surface area contributed by atoms with Gasteiger partial charge >= 0.3 is 13.8 Å². The summed E-state index contributed by atoms with van der Waals surface area (Å²) in [5, 5.41) is 29.2. The van der Waals surface area contributed by atoms with Crippen molar-refractivity contribution in [3.05, 3.63) is 11.5 Å². The molecule has 4 aliphatic carbocycles. The third-order valence-corrected chi connectivity index (χ3v) is 15.1. The second kappa shape index (κ2) is 12.7. The maximum atomic E-state index is 13.0. The second-order valence-corrected chi connectivity index (χ2v) is 18.0. The van der Waals surface area contributed by atoms with Gasteiger partial charge in [0.1, 0.15) is 6.10 Å². The standard InChI is InChI=1S/C35H59O9P/c1-20(2)21(3)8-9-22(4)25-10-11-27-34(25,6)17-14-28-33(5)16-13-24(18-23(33)12-15-35(27,28)7)43-45(40,41)44-31-29(38)30(26(37)19-36)42-32(31)39/h20-28,30,36-38H,8-19H2,1-7H3,(H,40,41)/t21-,22-,23+,24+,25-,26+,27-,28-,30-,33+,34-,35+/m1/s1. The van der Waals surface area contributed by atoms with E-state index in [1.54, 1.807) is 0 Å². The first kappa shape index (κ1) is 35.2. The molecule has 0 aromatic rings. The van der Waals surface area contributed by atoms with Gasteiger partial charge in [-0.3, -0.25) is 9.42 Å². The Balaban J connectivity index is 1.23. The lowest BCUT2D eigenvalue weighted by Gasteiger charge is -2.66. The summed E-state index contributed by atoms with van der Waals surface area (Å²) in [4.78, 5) is 22.8. The summed E-state index contributed by atoms with van der Waals surface area (Å²) in [6, 6.07) is 0. The molecule has 5 rings (SSSR count). The fourth-order valence-corrected chi connectivity index (χ4v) is 12.3. The van der Waals surface area contributed by atoms with Gasteiger partial charge in [0.2, 0.25) is 0 Å². The maximum Gasteiger partial charge on any atom is 0.528 e. The van der Waals surface area contributed by atoms with E-state index < -0.39 is 50.2 Å². The molecule has 45 heavy (non-hydrogen) atoms. The summed E-state index contributed by atoms with van der Waals surface area (Å²) in [5.74, 6) is 1.88. The fourth-order valence-electron chi connectivity index (χ4n) is 11.3. The van der Waals surface area contributed by atoms with Crippen molar-refractivity contribution in [1.29, 1.82) is 0 Å². The van der Waals surface area contributed by atoms with Crippen molar-refractivity contribution >= 4 is 13.8 Å². The quantitative estimate of drug-likeness (QED) is 0.133. The van der Waals surface area contributed by atoms with Crippen LogP contribution in [-0.2, 0) is 23.1 Å². The molecule has 4 fully saturated rings. The number of aliphatic hydroxyl groups is 3. The van der Waals surface area contributed by atoms with Crippen molar-refractivity contribution in [2.24, 2.45) is 57.7 Å². The van der Waals surface area contributed by atoms with Crippen molar-refractivity contribution in [2.45, 2.75) is 137 Å². The first-order valence-electron chi connectivity index (χ1n) is 17.6. The van der Waals surface area contributed by atoms with Gasteiger partial charge in [0.05, 0.1) is 12.7 Å². The van der Waals surface area contributed by atoms with E-state index in [-0.39, 0.29) is 5.41 Å². The molecule has 10 heteroatoms. The topological polar surface area (TPSA) is 143 Å². The van der Waals surface area contributed by atoms with E-state index in [4.69, 9.17) is 18.9 Å². The monoisotopic (exact) mass is 654 g/mol. The Morgan fingerprint density at radius 3 is 2.24 bits per heavy atom. The van der Waals surface area contributed by atoms with Gasteiger partial charge in [0.25, 0.3) is 5.76 Å². The van der Waals surface area contributed by atoms with Crippen molar-refractivity contribution in [2.75, 3.05) is 6.61 Å². The zero-order valence-electron chi connectivity index (χ0n) is 28.5. The first-order chi connectivity index (χ1) is 21.0. The van der Waals surface area contributed by atoms with E-state index in [9.17, 15) is 24.5 Å². The number of hydrogen-bond donors (Lipinski definition) is 4. The summed E-state index contributed by atoms with van der Waals surface area (Å²) in [7, 11) is -4.78. The summed E-state index contributed by atoms with van der Waals surface area (Å²) in [5.41, 5.74) is 0.822. The molecule has 0 spiro atoms. The lowest BCUT2D eigenvalue weighted by molar-refractivity contribution is -0.175. The third kappa shape index (κ3) is 6.27. The summed E-state index contributed by atoms with van der Waals surface area (Å²) < 4.78 is 28.4. The van der Waals surface area contributed by atoms with Crippen LogP contribution >= 0.6 is 7.82 Å². The van der Waals surface area contributed by atoms with Gasteiger partial charge < -0.3 is 24.6 Å². The number of carbonyl (C=O) groups is 1. The molecule has 9 nitrogen and oxygen atoms in total. The minimum atomic E-state index is -4.78. The highest BCUT2D eigenvalue weighted by molar-refractivity contribution is 7.47. The van der Waals surface area contributed by atoms with Crippen molar-refractivity contribution in [1.82, 2.24) is 0 Å². The van der Waals surface area contributed by atoms with Gasteiger partial charge in [-0.2, -0.15) is 0 Å². The number of aliphatic hydroxyl groups excluding tert-OH is 3. The van der Waals surface area contributed by atoms with E-state index in [1.165, 1.54) is 44.9 Å². The summed E-state index contributed by atoms with van der Waals surface area (Å²) in [6.07, 6.45) is 8.60. The van der Waals surface area contributed by atoms with Gasteiger partial charge in [-0.25, -0.2) is 9.36 Å². The molecule has 0 aromatic heterocycles. The molecular formula is C35H59O9P. The average molecular weight is 655 g/mol. The minimum absolute atomic E-state index is 0.134. The Labute approximate surface area is 270 Å². The van der Waals surface area contributed by atoms with Crippen LogP contribution in [0, 0.1) is 57.7 Å². The van der Waals surface area contributed by atoms with Crippen LogP contribution in [0.3, 0.4) is 0 Å². The highest BCUT2D eigenvalue weighted by Crippen LogP contribution is 2.73. The average Bonchev–Trinajstić information content (AvgIpc) is 3.47. The van der Waals surface area contributed by atoms with E-state index in [2.05, 4.69) is 48.5 Å². The molecular weight excluding hydrogens is 595 g/mol. The normalized spacial score (nSPS) is 43.1. The van der Waals surface area contributed by atoms with Crippen LogP contribution in [0.2, 0.25) is 0 Å². The van der Waals surface area contributed by atoms with Gasteiger partial charge in [0.15, 0.2) is 11.9 Å². The zero-order chi connectivity index (χ0) is 33.1. The molecule has 0 bridgehead atoms. The summed E-state index contributed by atoms with van der Waals surface area (Å²) in [6.45, 7) is 16.5. The fraction of sp³-hybridized carbons (Fsp3) is 0.914. The van der Waals surface area contributed by atoms with Gasteiger partial charge in [-0.05, 0) is 115 Å². The molecule has 0 amide bonds. The van der Waals surface area contributed by atoms with Crippen LogP contribution in [0.4, 0.5) is 0 Å². The van der Waals surface area contributed by atoms with Crippen LogP contribution in [0.1, 0.15) is 119 Å².